The molecule has 0 radical (unpaired) electrons. The maximum Gasteiger partial charge on any atom is 0.437 e. The van der Waals surface area contributed by atoms with E-state index in [9.17, 15) is 9.59 Å². The van der Waals surface area contributed by atoms with Gasteiger partial charge in [-0.1, -0.05) is 48.5 Å². The van der Waals surface area contributed by atoms with Crippen molar-refractivity contribution in [2.45, 2.75) is 59.4 Å². The summed E-state index contributed by atoms with van der Waals surface area (Å²) in [5, 5.41) is 2.37. The fourth-order valence-electron chi connectivity index (χ4n) is 2.51. The molecule has 2 aromatic rings. The average Bonchev–Trinajstić information content (AvgIpc) is 2.66. The molecule has 0 aliphatic rings. The number of hydroxylamine groups is 1. The van der Waals surface area contributed by atoms with E-state index < -0.39 is 23.4 Å². The van der Waals surface area contributed by atoms with Gasteiger partial charge >= 0.3 is 12.2 Å². The second-order valence-electron chi connectivity index (χ2n) is 9.02. The lowest BCUT2D eigenvalue weighted by Gasteiger charge is -2.21. The molecule has 0 bridgehead atoms. The lowest BCUT2D eigenvalue weighted by molar-refractivity contribution is 0.0492. The normalized spacial score (nSPS) is 12.1. The quantitative estimate of drug-likeness (QED) is 0.385. The zero-order valence-electron chi connectivity index (χ0n) is 19.4. The third kappa shape index (κ3) is 9.61. The summed E-state index contributed by atoms with van der Waals surface area (Å²) in [6, 6.07) is 17.8. The molecule has 172 valence electrons. The number of ether oxygens (including phenoxy) is 2. The summed E-state index contributed by atoms with van der Waals surface area (Å²) in [7, 11) is 0. The maximum absolute atomic E-state index is 12.1. The molecule has 2 N–H and O–H groups in total. The van der Waals surface area contributed by atoms with Crippen molar-refractivity contribution >= 4 is 18.1 Å². The Morgan fingerprint density at radius 1 is 0.844 bits per heavy atom. The molecule has 8 nitrogen and oxygen atoms in total. The first-order valence-electron chi connectivity index (χ1n) is 10.3. The van der Waals surface area contributed by atoms with E-state index in [1.165, 1.54) is 0 Å². The first-order valence-corrected chi connectivity index (χ1v) is 10.3. The topological polar surface area (TPSA) is 98.3 Å². The van der Waals surface area contributed by atoms with Gasteiger partial charge in [-0.2, -0.15) is 0 Å². The third-order valence-electron chi connectivity index (χ3n) is 3.66. The smallest absolute Gasteiger partial charge is 0.437 e. The van der Waals surface area contributed by atoms with Crippen LogP contribution in [-0.2, 0) is 20.9 Å². The first kappa shape index (κ1) is 24.9. The monoisotopic (exact) mass is 441 g/mol. The number of amides is 2. The van der Waals surface area contributed by atoms with Crippen molar-refractivity contribution in [3.05, 3.63) is 60.2 Å². The Hall–Kier alpha value is -3.39. The summed E-state index contributed by atoms with van der Waals surface area (Å²) in [6.07, 6.45) is -1.67. The predicted molar refractivity (Wildman–Crippen MR) is 123 cm³/mol. The van der Waals surface area contributed by atoms with E-state index >= 15 is 0 Å². The average molecular weight is 442 g/mol. The Kier molecular flexibility index (Phi) is 8.37. The number of aliphatic imine (C=N–C) groups is 1. The molecule has 0 atom stereocenters. The molecule has 0 saturated carbocycles. The number of nitrogens with zero attached hydrogens (tertiary/aromatic N) is 1. The molecule has 0 spiro atoms. The van der Waals surface area contributed by atoms with E-state index in [-0.39, 0.29) is 12.6 Å². The number of hydrogen-bond acceptors (Lipinski definition) is 5. The molecule has 0 unspecified atom stereocenters. The van der Waals surface area contributed by atoms with Crippen LogP contribution in [0, 0.1) is 0 Å². The molecular weight excluding hydrogens is 410 g/mol. The minimum atomic E-state index is -0.884. The lowest BCUT2D eigenvalue weighted by Crippen LogP contribution is -2.44. The summed E-state index contributed by atoms with van der Waals surface area (Å²) in [6.45, 7) is 10.5. The van der Waals surface area contributed by atoms with E-state index in [4.69, 9.17) is 14.3 Å². The minimum absolute atomic E-state index is 0.157. The van der Waals surface area contributed by atoms with Crippen molar-refractivity contribution in [3.63, 3.8) is 0 Å². The molecule has 0 fully saturated rings. The van der Waals surface area contributed by atoms with Crippen LogP contribution in [-0.4, -0.2) is 29.3 Å². The maximum atomic E-state index is 12.1. The van der Waals surface area contributed by atoms with Crippen LogP contribution in [0.2, 0.25) is 0 Å². The molecule has 0 aliphatic carbocycles. The van der Waals surface area contributed by atoms with Gasteiger partial charge in [-0.15, -0.1) is 4.99 Å². The van der Waals surface area contributed by atoms with Gasteiger partial charge in [0.1, 0.15) is 11.2 Å². The second-order valence-corrected chi connectivity index (χ2v) is 9.02. The number of benzene rings is 2. The van der Waals surface area contributed by atoms with Gasteiger partial charge in [0.25, 0.3) is 0 Å². The molecule has 0 heterocycles. The molecule has 2 amide bonds. The van der Waals surface area contributed by atoms with Gasteiger partial charge in [-0.3, -0.25) is 10.2 Å². The van der Waals surface area contributed by atoms with Gasteiger partial charge in [0.2, 0.25) is 5.96 Å². The summed E-state index contributed by atoms with van der Waals surface area (Å²) >= 11 is 0. The summed E-state index contributed by atoms with van der Waals surface area (Å²) < 4.78 is 10.4. The van der Waals surface area contributed by atoms with Gasteiger partial charge in [0, 0.05) is 0 Å². The third-order valence-corrected chi connectivity index (χ3v) is 3.66. The lowest BCUT2D eigenvalue weighted by atomic mass is 10.0. The van der Waals surface area contributed by atoms with Crippen molar-refractivity contribution in [1.82, 2.24) is 10.8 Å². The summed E-state index contributed by atoms with van der Waals surface area (Å²) in [4.78, 5) is 33.4. The number of nitrogens with one attached hydrogen (secondary N) is 2. The first-order chi connectivity index (χ1) is 14.9. The van der Waals surface area contributed by atoms with Gasteiger partial charge in [0.05, 0.1) is 6.61 Å². The van der Waals surface area contributed by atoms with Crippen molar-refractivity contribution < 1.29 is 23.9 Å². The largest absolute Gasteiger partial charge is 0.444 e. The van der Waals surface area contributed by atoms with Gasteiger partial charge in [-0.05, 0) is 64.3 Å². The van der Waals surface area contributed by atoms with Gasteiger partial charge in [0.15, 0.2) is 0 Å². The van der Waals surface area contributed by atoms with Crippen molar-refractivity contribution in [2.75, 3.05) is 0 Å². The number of hydrogen-bond donors (Lipinski definition) is 2. The van der Waals surface area contributed by atoms with Crippen molar-refractivity contribution in [3.8, 4) is 11.1 Å². The van der Waals surface area contributed by atoms with Crippen LogP contribution in [0.25, 0.3) is 11.1 Å². The highest BCUT2D eigenvalue weighted by Gasteiger charge is 2.20. The fourth-order valence-corrected chi connectivity index (χ4v) is 2.51. The molecule has 0 saturated heterocycles. The predicted octanol–water partition coefficient (Wildman–Crippen LogP) is 5.19. The molecule has 0 aromatic heterocycles. The van der Waals surface area contributed by atoms with E-state index in [0.29, 0.717) is 0 Å². The van der Waals surface area contributed by atoms with Gasteiger partial charge < -0.3 is 9.47 Å². The molecular formula is C24H31N3O5. The molecule has 2 aromatic carbocycles. The van der Waals surface area contributed by atoms with E-state index in [1.807, 2.05) is 54.6 Å². The SMILES string of the molecule is CC(C)(C)OC(=O)/N=C(/NOCc1cccc(-c2ccccc2)c1)NC(=O)OC(C)(C)C. The number of alkyl carbamates (subject to hydrolysis) is 1. The van der Waals surface area contributed by atoms with Crippen LogP contribution in [0.1, 0.15) is 47.1 Å². The number of rotatable bonds is 4. The molecule has 8 heteroatoms. The highest BCUT2D eigenvalue weighted by Crippen LogP contribution is 2.20. The number of carbonyl (C=O) groups is 2. The van der Waals surface area contributed by atoms with Gasteiger partial charge in [-0.25, -0.2) is 15.1 Å². The van der Waals surface area contributed by atoms with E-state index in [0.717, 1.165) is 16.7 Å². The Bertz CT molecular complexity index is 944. The Morgan fingerprint density at radius 3 is 2.09 bits per heavy atom. The van der Waals surface area contributed by atoms with Crippen LogP contribution in [0.5, 0.6) is 0 Å². The number of carbonyl (C=O) groups excluding carboxylic acids is 2. The second kappa shape index (κ2) is 10.8. The van der Waals surface area contributed by atoms with Crippen LogP contribution >= 0.6 is 0 Å². The van der Waals surface area contributed by atoms with E-state index in [2.05, 4.69) is 15.8 Å². The highest BCUT2D eigenvalue weighted by atomic mass is 16.6. The van der Waals surface area contributed by atoms with Crippen molar-refractivity contribution in [1.29, 1.82) is 0 Å². The number of guanidine groups is 1. The van der Waals surface area contributed by atoms with Crippen LogP contribution in [0.4, 0.5) is 9.59 Å². The zero-order chi connectivity index (χ0) is 23.8. The standard InChI is InChI=1S/C24H31N3O5/c1-23(2,3)31-21(28)25-20(26-22(29)32-24(4,5)6)27-30-16-17-11-10-14-19(15-17)18-12-8-7-9-13-18/h7-15H,16H2,1-6H3,(H2,25,26,27,28,29). The van der Waals surface area contributed by atoms with Crippen LogP contribution < -0.4 is 10.8 Å². The van der Waals surface area contributed by atoms with Crippen LogP contribution in [0.15, 0.2) is 59.6 Å². The Morgan fingerprint density at radius 2 is 1.47 bits per heavy atom. The zero-order valence-corrected chi connectivity index (χ0v) is 19.4. The summed E-state index contributed by atoms with van der Waals surface area (Å²) in [5.74, 6) is -0.243. The summed E-state index contributed by atoms with van der Waals surface area (Å²) in [5.41, 5.74) is 4.05. The Balaban J connectivity index is 2.06. The fraction of sp³-hybridized carbons (Fsp3) is 0.375. The van der Waals surface area contributed by atoms with Crippen molar-refractivity contribution in [2.24, 2.45) is 4.99 Å². The molecule has 0 aliphatic heterocycles. The highest BCUT2D eigenvalue weighted by molar-refractivity contribution is 5.98. The van der Waals surface area contributed by atoms with E-state index in [1.54, 1.807) is 41.5 Å². The molecule has 2 rings (SSSR count). The van der Waals surface area contributed by atoms with Crippen LogP contribution in [0.3, 0.4) is 0 Å². The Labute approximate surface area is 188 Å². The minimum Gasteiger partial charge on any atom is -0.444 e. The molecule has 32 heavy (non-hydrogen) atoms.